The summed E-state index contributed by atoms with van der Waals surface area (Å²) in [4.78, 5) is 43.5. The number of halogens is 1. The van der Waals surface area contributed by atoms with Gasteiger partial charge in [-0.2, -0.15) is 0 Å². The second-order valence-electron chi connectivity index (χ2n) is 7.76. The molecule has 2 heterocycles. The van der Waals surface area contributed by atoms with Crippen molar-refractivity contribution in [3.63, 3.8) is 0 Å². The number of nitrogens with zero attached hydrogens (tertiary/aromatic N) is 2. The number of hydrogen-bond acceptors (Lipinski definition) is 4. The van der Waals surface area contributed by atoms with Gasteiger partial charge in [-0.25, -0.2) is 4.39 Å². The molecule has 1 saturated heterocycles. The quantitative estimate of drug-likeness (QED) is 0.808. The molecule has 0 atom stereocenters. The van der Waals surface area contributed by atoms with Crippen molar-refractivity contribution in [2.75, 3.05) is 31.1 Å². The van der Waals surface area contributed by atoms with Crippen molar-refractivity contribution < 1.29 is 18.8 Å². The molecule has 1 aliphatic heterocycles. The van der Waals surface area contributed by atoms with Gasteiger partial charge in [0.1, 0.15) is 11.5 Å². The van der Waals surface area contributed by atoms with Gasteiger partial charge in [-0.15, -0.1) is 0 Å². The van der Waals surface area contributed by atoms with Crippen LogP contribution in [-0.2, 0) is 6.42 Å². The van der Waals surface area contributed by atoms with Gasteiger partial charge in [0.25, 0.3) is 5.91 Å². The van der Waals surface area contributed by atoms with E-state index in [1.54, 1.807) is 17.0 Å². The molecule has 6 nitrogen and oxygen atoms in total. The largest absolute Gasteiger partial charge is 0.366 e. The third-order valence-electron chi connectivity index (χ3n) is 5.91. The maximum atomic E-state index is 14.4. The zero-order chi connectivity index (χ0) is 20.7. The van der Waals surface area contributed by atoms with Crippen LogP contribution in [0.4, 0.5) is 10.1 Å². The number of ketones is 2. The predicted molar refractivity (Wildman–Crippen MR) is 107 cm³/mol. The molecule has 1 N–H and O–H groups in total. The summed E-state index contributed by atoms with van der Waals surface area (Å²) in [5.74, 6) is -0.609. The van der Waals surface area contributed by atoms with Crippen molar-refractivity contribution in [3.8, 4) is 0 Å². The summed E-state index contributed by atoms with van der Waals surface area (Å²) >= 11 is 0. The molecule has 0 radical (unpaired) electrons. The topological polar surface area (TPSA) is 73.5 Å². The van der Waals surface area contributed by atoms with Crippen molar-refractivity contribution in [3.05, 3.63) is 52.1 Å². The number of carbonyl (C=O) groups is 3. The fourth-order valence-corrected chi connectivity index (χ4v) is 4.28. The van der Waals surface area contributed by atoms with Gasteiger partial charge in [0, 0.05) is 49.4 Å². The Bertz CT molecular complexity index is 1000. The van der Waals surface area contributed by atoms with Crippen LogP contribution in [-0.4, -0.2) is 53.5 Å². The highest BCUT2D eigenvalue weighted by atomic mass is 19.1. The second-order valence-corrected chi connectivity index (χ2v) is 7.76. The van der Waals surface area contributed by atoms with Gasteiger partial charge >= 0.3 is 0 Å². The van der Waals surface area contributed by atoms with Crippen LogP contribution in [0.5, 0.6) is 0 Å². The molecule has 1 amide bonds. The molecule has 2 aliphatic rings. The predicted octanol–water partition coefficient (Wildman–Crippen LogP) is 3.15. The molecule has 29 heavy (non-hydrogen) atoms. The highest BCUT2D eigenvalue weighted by Gasteiger charge is 2.30. The van der Waals surface area contributed by atoms with Gasteiger partial charge in [-0.3, -0.25) is 14.4 Å². The van der Waals surface area contributed by atoms with Crippen LogP contribution in [0.2, 0.25) is 0 Å². The lowest BCUT2D eigenvalue weighted by Crippen LogP contribution is -2.49. The first-order valence-corrected chi connectivity index (χ1v) is 9.96. The fraction of sp³-hybridized carbons (Fsp3) is 0.409. The number of hydrogen-bond donors (Lipinski definition) is 1. The molecule has 0 unspecified atom stereocenters. The van der Waals surface area contributed by atoms with Gasteiger partial charge in [-0.05, 0) is 50.5 Å². The molecule has 7 heteroatoms. The Labute approximate surface area is 168 Å². The molecule has 2 aromatic rings. The number of amides is 1. The highest BCUT2D eigenvalue weighted by Crippen LogP contribution is 2.28. The number of nitrogens with one attached hydrogen (secondary N) is 1. The normalized spacial score (nSPS) is 16.7. The maximum absolute atomic E-state index is 14.4. The summed E-state index contributed by atoms with van der Waals surface area (Å²) < 4.78 is 14.4. The summed E-state index contributed by atoms with van der Waals surface area (Å²) in [7, 11) is 0. The third kappa shape index (κ3) is 3.45. The number of benzene rings is 1. The average Bonchev–Trinajstić information content (AvgIpc) is 3.05. The van der Waals surface area contributed by atoms with Crippen molar-refractivity contribution in [2.45, 2.75) is 33.1 Å². The number of piperazine rings is 1. The number of aryl methyl sites for hydroxylation is 1. The SMILES string of the molecule is CC(=O)c1ccc(N2CCN(C(=O)c3[nH]c4c(c3C)C(=O)CCC4)CC2)c(F)c1. The zero-order valence-electron chi connectivity index (χ0n) is 16.7. The Kier molecular flexibility index (Phi) is 4.98. The first-order chi connectivity index (χ1) is 13.9. The molecular formula is C22H24FN3O3. The minimum atomic E-state index is -0.427. The molecule has 1 fully saturated rings. The number of rotatable bonds is 3. The number of H-pyrrole nitrogens is 1. The van der Waals surface area contributed by atoms with Gasteiger partial charge in [0.2, 0.25) is 0 Å². The third-order valence-corrected chi connectivity index (χ3v) is 5.91. The van der Waals surface area contributed by atoms with E-state index < -0.39 is 5.82 Å². The van der Waals surface area contributed by atoms with Crippen LogP contribution >= 0.6 is 0 Å². The molecule has 152 valence electrons. The first kappa shape index (κ1) is 19.4. The van der Waals surface area contributed by atoms with E-state index in [-0.39, 0.29) is 17.5 Å². The van der Waals surface area contributed by atoms with E-state index in [9.17, 15) is 18.8 Å². The van der Waals surface area contributed by atoms with E-state index in [0.29, 0.717) is 55.1 Å². The smallest absolute Gasteiger partial charge is 0.270 e. The summed E-state index contributed by atoms with van der Waals surface area (Å²) in [5.41, 5.74) is 3.58. The van der Waals surface area contributed by atoms with E-state index in [2.05, 4.69) is 4.98 Å². The average molecular weight is 397 g/mol. The fourth-order valence-electron chi connectivity index (χ4n) is 4.28. The number of aromatic amines is 1. The van der Waals surface area contributed by atoms with Crippen LogP contribution in [0, 0.1) is 12.7 Å². The second kappa shape index (κ2) is 7.46. The Hall–Kier alpha value is -2.96. The number of anilines is 1. The van der Waals surface area contributed by atoms with Crippen molar-refractivity contribution >= 4 is 23.2 Å². The number of fused-ring (bicyclic) bond motifs is 1. The minimum Gasteiger partial charge on any atom is -0.366 e. The molecule has 0 bridgehead atoms. The van der Waals surface area contributed by atoms with Crippen molar-refractivity contribution in [1.82, 2.24) is 9.88 Å². The van der Waals surface area contributed by atoms with Crippen LogP contribution < -0.4 is 4.90 Å². The lowest BCUT2D eigenvalue weighted by atomic mass is 9.93. The molecule has 4 rings (SSSR count). The molecule has 1 aliphatic carbocycles. The van der Waals surface area contributed by atoms with Gasteiger partial charge in [0.05, 0.1) is 5.69 Å². The summed E-state index contributed by atoms with van der Waals surface area (Å²) in [6, 6.07) is 4.51. The molecule has 1 aromatic carbocycles. The summed E-state index contributed by atoms with van der Waals surface area (Å²) in [5, 5.41) is 0. The lowest BCUT2D eigenvalue weighted by Gasteiger charge is -2.36. The van der Waals surface area contributed by atoms with Gasteiger partial charge < -0.3 is 14.8 Å². The molecular weight excluding hydrogens is 373 g/mol. The molecule has 0 spiro atoms. The lowest BCUT2D eigenvalue weighted by molar-refractivity contribution is 0.0740. The summed E-state index contributed by atoms with van der Waals surface area (Å²) in [6.07, 6.45) is 2.14. The Morgan fingerprint density at radius 2 is 1.83 bits per heavy atom. The van der Waals surface area contributed by atoms with Gasteiger partial charge in [-0.1, -0.05) is 0 Å². The van der Waals surface area contributed by atoms with E-state index in [0.717, 1.165) is 24.1 Å². The minimum absolute atomic E-state index is 0.105. The van der Waals surface area contributed by atoms with E-state index in [1.165, 1.54) is 13.0 Å². The van der Waals surface area contributed by atoms with Crippen molar-refractivity contribution in [2.24, 2.45) is 0 Å². The van der Waals surface area contributed by atoms with E-state index in [4.69, 9.17) is 0 Å². The first-order valence-electron chi connectivity index (χ1n) is 9.96. The van der Waals surface area contributed by atoms with Crippen LogP contribution in [0.1, 0.15) is 62.2 Å². The highest BCUT2D eigenvalue weighted by molar-refractivity contribution is 6.04. The number of carbonyl (C=O) groups excluding carboxylic acids is 3. The van der Waals surface area contributed by atoms with Crippen molar-refractivity contribution in [1.29, 1.82) is 0 Å². The molecule has 1 aromatic heterocycles. The Morgan fingerprint density at radius 3 is 2.45 bits per heavy atom. The van der Waals surface area contributed by atoms with Crippen LogP contribution in [0.25, 0.3) is 0 Å². The Morgan fingerprint density at radius 1 is 1.10 bits per heavy atom. The number of aromatic nitrogens is 1. The van der Waals surface area contributed by atoms with E-state index in [1.807, 2.05) is 11.8 Å². The maximum Gasteiger partial charge on any atom is 0.270 e. The molecule has 0 saturated carbocycles. The van der Waals surface area contributed by atoms with E-state index >= 15 is 0 Å². The zero-order valence-corrected chi connectivity index (χ0v) is 16.7. The van der Waals surface area contributed by atoms with Gasteiger partial charge in [0.15, 0.2) is 11.6 Å². The number of Topliss-reactive ketones (excluding diaryl/α,β-unsaturated/α-hetero) is 2. The van der Waals surface area contributed by atoms with Crippen LogP contribution in [0.3, 0.4) is 0 Å². The summed E-state index contributed by atoms with van der Waals surface area (Å²) in [6.45, 7) is 5.16. The van der Waals surface area contributed by atoms with Crippen LogP contribution in [0.15, 0.2) is 18.2 Å². The Balaban J connectivity index is 1.47. The monoisotopic (exact) mass is 397 g/mol. The standard InChI is InChI=1S/C22H24FN3O3/c1-13-20-17(4-3-5-19(20)28)24-21(13)22(29)26-10-8-25(9-11-26)18-7-6-15(14(2)27)12-16(18)23/h6-7,12,24H,3-5,8-11H2,1-2H3.